The van der Waals surface area contributed by atoms with Gasteiger partial charge in [-0.2, -0.15) is 0 Å². The fourth-order valence-electron chi connectivity index (χ4n) is 3.37. The lowest BCUT2D eigenvalue weighted by atomic mass is 10.1. The molecule has 3 heterocycles. The predicted octanol–water partition coefficient (Wildman–Crippen LogP) is 4.42. The average molecular weight is 417 g/mol. The van der Waals surface area contributed by atoms with Gasteiger partial charge in [0.2, 0.25) is 0 Å². The number of amides is 4. The van der Waals surface area contributed by atoms with Gasteiger partial charge < -0.3 is 4.74 Å². The number of carbonyl (C=O) groups excluding carboxylic acids is 3. The molecule has 2 aliphatic heterocycles. The fraction of sp³-hybridized carbons (Fsp3) is 0.0455. The van der Waals surface area contributed by atoms with E-state index in [-0.39, 0.29) is 5.57 Å². The number of imide groups is 2. The summed E-state index contributed by atoms with van der Waals surface area (Å²) in [7, 11) is 1.33. The first-order chi connectivity index (χ1) is 14.5. The number of barbiturate groups is 1. The van der Waals surface area contributed by atoms with Crippen molar-refractivity contribution in [2.24, 2.45) is 0 Å². The number of hydrogen-bond acceptors (Lipinski definition) is 6. The Kier molecular flexibility index (Phi) is 4.14. The van der Waals surface area contributed by atoms with Crippen LogP contribution in [-0.4, -0.2) is 29.8 Å². The second-order valence-corrected chi connectivity index (χ2v) is 7.82. The number of rotatable bonds is 2. The number of benzene rings is 2. The highest BCUT2D eigenvalue weighted by molar-refractivity contribution is 7.17. The number of nitrogens with zero attached hydrogens (tertiary/aromatic N) is 2. The minimum Gasteiger partial charge on any atom is -0.453 e. The molecule has 1 aromatic heterocycles. The van der Waals surface area contributed by atoms with Gasteiger partial charge in [0, 0.05) is 11.9 Å². The molecule has 0 radical (unpaired) electrons. The van der Waals surface area contributed by atoms with Gasteiger partial charge in [0.15, 0.2) is 11.5 Å². The van der Waals surface area contributed by atoms with E-state index in [4.69, 9.17) is 4.74 Å². The largest absolute Gasteiger partial charge is 0.453 e. The van der Waals surface area contributed by atoms with Gasteiger partial charge >= 0.3 is 6.03 Å². The van der Waals surface area contributed by atoms with Gasteiger partial charge in [-0.25, -0.2) is 4.79 Å². The molecule has 0 saturated carbocycles. The third kappa shape index (κ3) is 2.85. The van der Waals surface area contributed by atoms with E-state index in [9.17, 15) is 14.4 Å². The Morgan fingerprint density at radius 2 is 1.53 bits per heavy atom. The minimum absolute atomic E-state index is 0.0757. The number of thiophene rings is 1. The van der Waals surface area contributed by atoms with Crippen LogP contribution < -0.4 is 15.0 Å². The highest BCUT2D eigenvalue weighted by Crippen LogP contribution is 2.51. The van der Waals surface area contributed by atoms with Crippen molar-refractivity contribution < 1.29 is 19.1 Å². The van der Waals surface area contributed by atoms with E-state index in [2.05, 4.69) is 10.2 Å². The monoisotopic (exact) mass is 417 g/mol. The molecule has 0 aliphatic carbocycles. The number of para-hydroxylation sites is 4. The van der Waals surface area contributed by atoms with Crippen LogP contribution in [0.5, 0.6) is 11.5 Å². The van der Waals surface area contributed by atoms with Crippen LogP contribution in [0.15, 0.2) is 66.2 Å². The lowest BCUT2D eigenvalue weighted by Gasteiger charge is -2.31. The van der Waals surface area contributed by atoms with Crippen molar-refractivity contribution in [3.8, 4) is 11.5 Å². The zero-order chi connectivity index (χ0) is 20.8. The second kappa shape index (κ2) is 6.85. The quantitative estimate of drug-likeness (QED) is 0.386. The van der Waals surface area contributed by atoms with Crippen LogP contribution in [0, 0.1) is 0 Å². The fourth-order valence-corrected chi connectivity index (χ4v) is 4.35. The number of fused-ring (bicyclic) bond motifs is 2. The molecule has 4 amide bonds. The topological polar surface area (TPSA) is 79.0 Å². The minimum atomic E-state index is -0.726. The maximum atomic E-state index is 12.3. The number of urea groups is 1. The predicted molar refractivity (Wildman–Crippen MR) is 113 cm³/mol. The van der Waals surface area contributed by atoms with Crippen LogP contribution in [0.4, 0.5) is 21.2 Å². The molecule has 1 saturated heterocycles. The Balaban J connectivity index is 1.56. The molecular weight excluding hydrogens is 402 g/mol. The van der Waals surface area contributed by atoms with Crippen molar-refractivity contribution >= 4 is 51.6 Å². The standard InChI is InChI=1S/C22H15N3O4S/c1-24-21(27)14(20(26)23-22(24)28)12-13-10-11-19(30-13)25-15-6-2-4-8-17(15)29-18-9-5-3-7-16(18)25/h2-12H,1H3,(H,23,26,28)/b14-12+. The van der Waals surface area contributed by atoms with E-state index < -0.39 is 17.8 Å². The van der Waals surface area contributed by atoms with Crippen LogP contribution in [0.1, 0.15) is 4.88 Å². The van der Waals surface area contributed by atoms with Crippen molar-refractivity contribution in [2.45, 2.75) is 0 Å². The van der Waals surface area contributed by atoms with Crippen LogP contribution >= 0.6 is 11.3 Å². The van der Waals surface area contributed by atoms with Crippen molar-refractivity contribution in [2.75, 3.05) is 11.9 Å². The zero-order valence-corrected chi connectivity index (χ0v) is 16.6. The molecule has 0 unspecified atom stereocenters. The Labute approximate surface area is 175 Å². The lowest BCUT2D eigenvalue weighted by molar-refractivity contribution is -0.129. The maximum Gasteiger partial charge on any atom is 0.331 e. The average Bonchev–Trinajstić information content (AvgIpc) is 3.21. The zero-order valence-electron chi connectivity index (χ0n) is 15.8. The Bertz CT molecular complexity index is 1200. The van der Waals surface area contributed by atoms with Crippen molar-refractivity contribution in [1.29, 1.82) is 0 Å². The SMILES string of the molecule is CN1C(=O)NC(=O)/C(=C\c2ccc(N3c4ccccc4Oc4ccccc43)s2)C1=O. The molecule has 3 aromatic rings. The molecule has 1 fully saturated rings. The summed E-state index contributed by atoms with van der Waals surface area (Å²) in [4.78, 5) is 39.7. The van der Waals surface area contributed by atoms with E-state index in [1.54, 1.807) is 0 Å². The van der Waals surface area contributed by atoms with Gasteiger partial charge in [0.05, 0.1) is 11.4 Å². The summed E-state index contributed by atoms with van der Waals surface area (Å²) in [5.41, 5.74) is 1.72. The van der Waals surface area contributed by atoms with E-state index in [1.165, 1.54) is 24.5 Å². The molecule has 0 bridgehead atoms. The summed E-state index contributed by atoms with van der Waals surface area (Å²) in [5.74, 6) is 0.166. The molecule has 2 aromatic carbocycles. The van der Waals surface area contributed by atoms with E-state index in [0.29, 0.717) is 4.88 Å². The third-order valence-corrected chi connectivity index (χ3v) is 5.87. The molecule has 7 nitrogen and oxygen atoms in total. The normalized spacial score (nSPS) is 16.8. The Morgan fingerprint density at radius 3 is 2.20 bits per heavy atom. The van der Waals surface area contributed by atoms with Crippen molar-refractivity contribution in [1.82, 2.24) is 10.2 Å². The van der Waals surface area contributed by atoms with E-state index in [0.717, 1.165) is 32.8 Å². The molecule has 1 N–H and O–H groups in total. The van der Waals surface area contributed by atoms with Crippen LogP contribution in [0.2, 0.25) is 0 Å². The number of ether oxygens (including phenoxy) is 1. The Morgan fingerprint density at radius 1 is 0.900 bits per heavy atom. The van der Waals surface area contributed by atoms with Gasteiger partial charge in [-0.15, -0.1) is 11.3 Å². The highest BCUT2D eigenvalue weighted by atomic mass is 32.1. The first kappa shape index (κ1) is 18.1. The van der Waals surface area contributed by atoms with Crippen LogP contribution in [0.25, 0.3) is 6.08 Å². The molecule has 0 spiro atoms. The summed E-state index contributed by atoms with van der Waals surface area (Å²) < 4.78 is 6.02. The number of nitrogens with one attached hydrogen (secondary N) is 1. The number of carbonyl (C=O) groups is 3. The summed E-state index contributed by atoms with van der Waals surface area (Å²) in [6.07, 6.45) is 1.51. The van der Waals surface area contributed by atoms with Gasteiger partial charge in [0.1, 0.15) is 10.6 Å². The number of likely N-dealkylation sites (N-methyl/N-ethyl adjacent to an activating group) is 1. The molecule has 148 valence electrons. The van der Waals surface area contributed by atoms with Gasteiger partial charge in [-0.3, -0.25) is 24.7 Å². The summed E-state index contributed by atoms with van der Waals surface area (Å²) in [5, 5.41) is 3.06. The molecule has 2 aliphatic rings. The molecule has 30 heavy (non-hydrogen) atoms. The van der Waals surface area contributed by atoms with Crippen molar-refractivity contribution in [3.05, 3.63) is 71.1 Å². The summed E-state index contributed by atoms with van der Waals surface area (Å²) >= 11 is 1.42. The Hall–Kier alpha value is -3.91. The van der Waals surface area contributed by atoms with Crippen molar-refractivity contribution in [3.63, 3.8) is 0 Å². The van der Waals surface area contributed by atoms with Gasteiger partial charge in [-0.05, 0) is 42.5 Å². The number of hydrogen-bond donors (Lipinski definition) is 1. The number of anilines is 3. The second-order valence-electron chi connectivity index (χ2n) is 6.73. The summed E-state index contributed by atoms with van der Waals surface area (Å²) in [6.45, 7) is 0. The van der Waals surface area contributed by atoms with E-state index in [1.807, 2.05) is 60.7 Å². The third-order valence-electron chi connectivity index (χ3n) is 4.86. The lowest BCUT2D eigenvalue weighted by Crippen LogP contribution is -2.52. The molecular formula is C22H15N3O4S. The van der Waals surface area contributed by atoms with Gasteiger partial charge in [0.25, 0.3) is 11.8 Å². The van der Waals surface area contributed by atoms with Crippen LogP contribution in [0.3, 0.4) is 0 Å². The molecule has 5 rings (SSSR count). The highest BCUT2D eigenvalue weighted by Gasteiger charge is 2.33. The van der Waals surface area contributed by atoms with Gasteiger partial charge in [-0.1, -0.05) is 24.3 Å². The molecule has 0 atom stereocenters. The maximum absolute atomic E-state index is 12.3. The smallest absolute Gasteiger partial charge is 0.331 e. The van der Waals surface area contributed by atoms with Crippen LogP contribution in [-0.2, 0) is 9.59 Å². The van der Waals surface area contributed by atoms with E-state index >= 15 is 0 Å². The first-order valence-corrected chi connectivity index (χ1v) is 9.95. The first-order valence-electron chi connectivity index (χ1n) is 9.14. The summed E-state index contributed by atoms with van der Waals surface area (Å²) in [6, 6.07) is 18.5. The molecule has 8 heteroatoms.